The number of benzene rings is 1. The topological polar surface area (TPSA) is 98.6 Å². The van der Waals surface area contributed by atoms with Crippen LogP contribution in [0.5, 0.6) is 5.75 Å². The number of likely N-dealkylation sites (N-methyl/N-ethyl adjacent to an activating group) is 1. The standard InChI is InChI=1S/C19H26N4O3/c1-4-23(12-17(25)15-6-5-7-16(24)11-15)19(26)20-9-8-18-21-13(2)10-14(3)22-18/h5-7,10-11,17,24-25H,4,8-9,12H2,1-3H3,(H,20,26)/t17-/m0/s1. The Morgan fingerprint density at radius 2 is 1.92 bits per heavy atom. The second-order valence-electron chi connectivity index (χ2n) is 6.20. The van der Waals surface area contributed by atoms with Crippen LogP contribution in [-0.4, -0.2) is 50.7 Å². The summed E-state index contributed by atoms with van der Waals surface area (Å²) in [6.07, 6.45) is -0.323. The number of nitrogens with zero attached hydrogens (tertiary/aromatic N) is 3. The number of aromatic hydroxyl groups is 1. The second kappa shape index (κ2) is 9.15. The van der Waals surface area contributed by atoms with Crippen molar-refractivity contribution in [2.45, 2.75) is 33.3 Å². The highest BCUT2D eigenvalue weighted by atomic mass is 16.3. The number of urea groups is 1. The molecule has 0 aliphatic rings. The number of carbonyl (C=O) groups excluding carboxylic acids is 1. The van der Waals surface area contributed by atoms with Crippen molar-refractivity contribution in [3.63, 3.8) is 0 Å². The highest BCUT2D eigenvalue weighted by Crippen LogP contribution is 2.19. The Labute approximate surface area is 153 Å². The fraction of sp³-hybridized carbons (Fsp3) is 0.421. The van der Waals surface area contributed by atoms with Gasteiger partial charge in [-0.3, -0.25) is 0 Å². The number of phenolic OH excluding ortho intramolecular Hbond substituents is 1. The van der Waals surface area contributed by atoms with E-state index in [9.17, 15) is 15.0 Å². The van der Waals surface area contributed by atoms with Crippen molar-refractivity contribution in [2.24, 2.45) is 0 Å². The molecular weight excluding hydrogens is 332 g/mol. The fourth-order valence-corrected chi connectivity index (χ4v) is 2.71. The molecule has 2 amide bonds. The van der Waals surface area contributed by atoms with Gasteiger partial charge in [-0.15, -0.1) is 0 Å². The molecule has 0 radical (unpaired) electrons. The van der Waals surface area contributed by atoms with E-state index >= 15 is 0 Å². The summed E-state index contributed by atoms with van der Waals surface area (Å²) in [5.41, 5.74) is 2.38. The molecule has 0 aliphatic carbocycles. The molecule has 26 heavy (non-hydrogen) atoms. The highest BCUT2D eigenvalue weighted by molar-refractivity contribution is 5.74. The number of carbonyl (C=O) groups is 1. The van der Waals surface area contributed by atoms with Gasteiger partial charge in [-0.1, -0.05) is 12.1 Å². The van der Waals surface area contributed by atoms with Crippen LogP contribution in [0.15, 0.2) is 30.3 Å². The van der Waals surface area contributed by atoms with Crippen molar-refractivity contribution < 1.29 is 15.0 Å². The molecule has 140 valence electrons. The molecule has 1 atom stereocenters. The summed E-state index contributed by atoms with van der Waals surface area (Å²) in [6.45, 7) is 6.70. The molecule has 0 fully saturated rings. The Hall–Kier alpha value is -2.67. The lowest BCUT2D eigenvalue weighted by Gasteiger charge is -2.24. The van der Waals surface area contributed by atoms with Crippen LogP contribution in [0.2, 0.25) is 0 Å². The number of aryl methyl sites for hydroxylation is 2. The van der Waals surface area contributed by atoms with Crippen LogP contribution in [0.4, 0.5) is 4.79 Å². The van der Waals surface area contributed by atoms with Gasteiger partial charge in [0.1, 0.15) is 11.6 Å². The Morgan fingerprint density at radius 1 is 1.23 bits per heavy atom. The molecule has 1 heterocycles. The maximum atomic E-state index is 12.3. The van der Waals surface area contributed by atoms with E-state index in [4.69, 9.17) is 0 Å². The Bertz CT molecular complexity index is 731. The molecule has 0 aliphatic heterocycles. The van der Waals surface area contributed by atoms with E-state index in [-0.39, 0.29) is 18.3 Å². The number of aromatic nitrogens is 2. The summed E-state index contributed by atoms with van der Waals surface area (Å²) < 4.78 is 0. The molecule has 3 N–H and O–H groups in total. The number of rotatable bonds is 7. The molecular formula is C19H26N4O3. The van der Waals surface area contributed by atoms with Gasteiger partial charge < -0.3 is 20.4 Å². The summed E-state index contributed by atoms with van der Waals surface area (Å²) in [5.74, 6) is 0.785. The minimum atomic E-state index is -0.865. The molecule has 2 rings (SSSR count). The molecule has 1 aromatic heterocycles. The van der Waals surface area contributed by atoms with Crippen molar-refractivity contribution in [1.29, 1.82) is 0 Å². The Kier molecular flexibility index (Phi) is 6.91. The lowest BCUT2D eigenvalue weighted by molar-refractivity contribution is 0.123. The number of aliphatic hydroxyl groups excluding tert-OH is 1. The Balaban J connectivity index is 1.87. The average molecular weight is 358 g/mol. The summed E-state index contributed by atoms with van der Waals surface area (Å²) >= 11 is 0. The lowest BCUT2D eigenvalue weighted by atomic mass is 10.1. The summed E-state index contributed by atoms with van der Waals surface area (Å²) in [7, 11) is 0. The molecule has 7 nitrogen and oxygen atoms in total. The predicted octanol–water partition coefficient (Wildman–Crippen LogP) is 2.11. The van der Waals surface area contributed by atoms with E-state index in [2.05, 4.69) is 15.3 Å². The third kappa shape index (κ3) is 5.70. The molecule has 0 saturated heterocycles. The highest BCUT2D eigenvalue weighted by Gasteiger charge is 2.17. The molecule has 1 aromatic carbocycles. The van der Waals surface area contributed by atoms with E-state index in [0.717, 1.165) is 11.4 Å². The molecule has 0 saturated carbocycles. The van der Waals surface area contributed by atoms with Gasteiger partial charge in [0.05, 0.1) is 12.6 Å². The van der Waals surface area contributed by atoms with Gasteiger partial charge in [0.2, 0.25) is 0 Å². The predicted molar refractivity (Wildman–Crippen MR) is 98.9 cm³/mol. The minimum Gasteiger partial charge on any atom is -0.508 e. The summed E-state index contributed by atoms with van der Waals surface area (Å²) in [5, 5.41) is 22.7. The largest absolute Gasteiger partial charge is 0.508 e. The normalized spacial score (nSPS) is 11.8. The van der Waals surface area contributed by atoms with Gasteiger partial charge in [-0.25, -0.2) is 14.8 Å². The van der Waals surface area contributed by atoms with Crippen LogP contribution < -0.4 is 5.32 Å². The molecule has 7 heteroatoms. The van der Waals surface area contributed by atoms with Crippen molar-refractivity contribution >= 4 is 6.03 Å². The zero-order chi connectivity index (χ0) is 19.1. The van der Waals surface area contributed by atoms with Crippen molar-refractivity contribution in [3.8, 4) is 5.75 Å². The van der Waals surface area contributed by atoms with Crippen molar-refractivity contribution in [2.75, 3.05) is 19.6 Å². The van der Waals surface area contributed by atoms with Gasteiger partial charge in [-0.2, -0.15) is 0 Å². The maximum absolute atomic E-state index is 12.3. The molecule has 0 unspecified atom stereocenters. The molecule has 0 bridgehead atoms. The minimum absolute atomic E-state index is 0.0856. The van der Waals surface area contributed by atoms with E-state index in [1.54, 1.807) is 12.1 Å². The number of amides is 2. The second-order valence-corrected chi connectivity index (χ2v) is 6.20. The number of phenols is 1. The fourth-order valence-electron chi connectivity index (χ4n) is 2.71. The maximum Gasteiger partial charge on any atom is 0.317 e. The first-order valence-corrected chi connectivity index (χ1v) is 8.70. The first kappa shape index (κ1) is 19.7. The van der Waals surface area contributed by atoms with Gasteiger partial charge in [0.25, 0.3) is 0 Å². The zero-order valence-corrected chi connectivity index (χ0v) is 15.4. The molecule has 2 aromatic rings. The number of hydrogen-bond acceptors (Lipinski definition) is 5. The summed E-state index contributed by atoms with van der Waals surface area (Å²) in [6, 6.07) is 8.06. The Morgan fingerprint density at radius 3 is 2.54 bits per heavy atom. The number of aliphatic hydroxyl groups is 1. The monoisotopic (exact) mass is 358 g/mol. The molecule has 0 spiro atoms. The smallest absolute Gasteiger partial charge is 0.317 e. The van der Waals surface area contributed by atoms with E-state index < -0.39 is 6.10 Å². The first-order chi connectivity index (χ1) is 12.4. The van der Waals surface area contributed by atoms with Crippen LogP contribution in [0, 0.1) is 13.8 Å². The van der Waals surface area contributed by atoms with Crippen LogP contribution in [0.25, 0.3) is 0 Å². The van der Waals surface area contributed by atoms with Gasteiger partial charge >= 0.3 is 6.03 Å². The van der Waals surface area contributed by atoms with Crippen molar-refractivity contribution in [1.82, 2.24) is 20.2 Å². The average Bonchev–Trinajstić information content (AvgIpc) is 2.58. The lowest BCUT2D eigenvalue weighted by Crippen LogP contribution is -2.42. The van der Waals surface area contributed by atoms with Gasteiger partial charge in [0.15, 0.2) is 0 Å². The third-order valence-electron chi connectivity index (χ3n) is 3.97. The van der Waals surface area contributed by atoms with Crippen LogP contribution >= 0.6 is 0 Å². The zero-order valence-electron chi connectivity index (χ0n) is 15.4. The quantitative estimate of drug-likeness (QED) is 0.704. The van der Waals surface area contributed by atoms with E-state index in [1.165, 1.54) is 17.0 Å². The van der Waals surface area contributed by atoms with Crippen molar-refractivity contribution in [3.05, 3.63) is 53.1 Å². The van der Waals surface area contributed by atoms with Gasteiger partial charge in [0, 0.05) is 30.9 Å². The van der Waals surface area contributed by atoms with Crippen LogP contribution in [0.3, 0.4) is 0 Å². The SMILES string of the molecule is CCN(C[C@H](O)c1cccc(O)c1)C(=O)NCCc1nc(C)cc(C)n1. The van der Waals surface area contributed by atoms with Gasteiger partial charge in [-0.05, 0) is 44.5 Å². The number of hydrogen-bond donors (Lipinski definition) is 3. The van der Waals surface area contributed by atoms with E-state index in [0.29, 0.717) is 30.9 Å². The van der Waals surface area contributed by atoms with E-state index in [1.807, 2.05) is 26.8 Å². The third-order valence-corrected chi connectivity index (χ3v) is 3.97. The summed E-state index contributed by atoms with van der Waals surface area (Å²) in [4.78, 5) is 22.6. The first-order valence-electron chi connectivity index (χ1n) is 8.70. The number of nitrogens with one attached hydrogen (secondary N) is 1. The van der Waals surface area contributed by atoms with Crippen LogP contribution in [-0.2, 0) is 6.42 Å². The van der Waals surface area contributed by atoms with Crippen LogP contribution in [0.1, 0.15) is 35.8 Å².